The number of alkyl halides is 1. The summed E-state index contributed by atoms with van der Waals surface area (Å²) in [6.07, 6.45) is 0. The largest absolute Gasteiger partial charge is 0.487 e. The molecular weight excluding hydrogens is 301 g/mol. The Hall–Kier alpha value is -2.12. The number of hydrogen-bond donors (Lipinski definition) is 0. The highest BCUT2D eigenvalue weighted by Crippen LogP contribution is 2.21. The molecular formula is C16H10ClF3O. The summed E-state index contributed by atoms with van der Waals surface area (Å²) < 4.78 is 45.1. The Labute approximate surface area is 125 Å². The normalized spacial score (nSPS) is 9.90. The third-order valence-corrected chi connectivity index (χ3v) is 2.76. The van der Waals surface area contributed by atoms with Crippen LogP contribution < -0.4 is 4.74 Å². The lowest BCUT2D eigenvalue weighted by Crippen LogP contribution is -2.01. The first-order chi connectivity index (χ1) is 10.1. The second-order valence-corrected chi connectivity index (χ2v) is 4.37. The van der Waals surface area contributed by atoms with Gasteiger partial charge in [0.1, 0.15) is 29.8 Å². The number of rotatable bonds is 3. The van der Waals surface area contributed by atoms with E-state index in [-0.39, 0.29) is 23.8 Å². The van der Waals surface area contributed by atoms with Crippen LogP contribution in [0.2, 0.25) is 0 Å². The zero-order chi connectivity index (χ0) is 15.2. The lowest BCUT2D eigenvalue weighted by atomic mass is 10.2. The minimum Gasteiger partial charge on any atom is -0.487 e. The van der Waals surface area contributed by atoms with Crippen molar-refractivity contribution in [3.8, 4) is 17.6 Å². The van der Waals surface area contributed by atoms with Crippen molar-refractivity contribution < 1.29 is 17.9 Å². The van der Waals surface area contributed by atoms with Gasteiger partial charge in [-0.05, 0) is 36.4 Å². The van der Waals surface area contributed by atoms with Crippen LogP contribution in [0.1, 0.15) is 11.1 Å². The van der Waals surface area contributed by atoms with Crippen molar-refractivity contribution in [3.63, 3.8) is 0 Å². The van der Waals surface area contributed by atoms with E-state index in [2.05, 4.69) is 11.8 Å². The SMILES string of the molecule is Fc1ccc(OCc2cc(F)ccc2F)c(C#CCCl)c1. The van der Waals surface area contributed by atoms with Crippen molar-refractivity contribution in [3.05, 3.63) is 65.0 Å². The molecule has 0 unspecified atom stereocenters. The van der Waals surface area contributed by atoms with Gasteiger partial charge in [-0.3, -0.25) is 0 Å². The topological polar surface area (TPSA) is 9.23 Å². The smallest absolute Gasteiger partial charge is 0.135 e. The monoisotopic (exact) mass is 310 g/mol. The minimum absolute atomic E-state index is 0.0653. The summed E-state index contributed by atoms with van der Waals surface area (Å²) in [5.41, 5.74) is 0.364. The fraction of sp³-hybridized carbons (Fsp3) is 0.125. The molecule has 108 valence electrons. The van der Waals surface area contributed by atoms with Gasteiger partial charge in [-0.1, -0.05) is 11.8 Å². The molecule has 0 aliphatic heterocycles. The van der Waals surface area contributed by atoms with Gasteiger partial charge >= 0.3 is 0 Å². The molecule has 21 heavy (non-hydrogen) atoms. The summed E-state index contributed by atoms with van der Waals surface area (Å²) in [7, 11) is 0. The fourth-order valence-corrected chi connectivity index (χ4v) is 1.73. The maximum Gasteiger partial charge on any atom is 0.135 e. The molecule has 2 aromatic carbocycles. The molecule has 0 N–H and O–H groups in total. The molecule has 0 aliphatic carbocycles. The minimum atomic E-state index is -0.577. The summed E-state index contributed by atoms with van der Waals surface area (Å²) in [5, 5.41) is 0. The maximum absolute atomic E-state index is 13.5. The number of ether oxygens (including phenoxy) is 1. The Balaban J connectivity index is 2.21. The fourth-order valence-electron chi connectivity index (χ4n) is 1.66. The van der Waals surface area contributed by atoms with Gasteiger partial charge in [-0.25, -0.2) is 13.2 Å². The molecule has 0 aromatic heterocycles. The summed E-state index contributed by atoms with van der Waals surface area (Å²) >= 11 is 5.46. The molecule has 0 spiro atoms. The highest BCUT2D eigenvalue weighted by atomic mass is 35.5. The summed E-state index contributed by atoms with van der Waals surface area (Å²) in [6, 6.07) is 6.86. The van der Waals surface area contributed by atoms with Gasteiger partial charge in [-0.2, -0.15) is 0 Å². The van der Waals surface area contributed by atoms with Crippen LogP contribution in [0.25, 0.3) is 0 Å². The predicted molar refractivity (Wildman–Crippen MR) is 74.7 cm³/mol. The van der Waals surface area contributed by atoms with Gasteiger partial charge in [0, 0.05) is 5.56 Å². The Bertz CT molecular complexity index is 704. The van der Waals surface area contributed by atoms with Crippen LogP contribution in [-0.4, -0.2) is 5.88 Å². The predicted octanol–water partition coefficient (Wildman–Crippen LogP) is 4.27. The molecule has 0 bridgehead atoms. The van der Waals surface area contributed by atoms with Crippen LogP contribution in [0.15, 0.2) is 36.4 Å². The van der Waals surface area contributed by atoms with Crippen molar-refractivity contribution in [2.75, 3.05) is 5.88 Å². The van der Waals surface area contributed by atoms with E-state index >= 15 is 0 Å². The van der Waals surface area contributed by atoms with Crippen LogP contribution in [0, 0.1) is 29.3 Å². The molecule has 0 saturated heterocycles. The zero-order valence-corrected chi connectivity index (χ0v) is 11.6. The van der Waals surface area contributed by atoms with E-state index in [0.717, 1.165) is 18.2 Å². The molecule has 0 fully saturated rings. The van der Waals surface area contributed by atoms with Crippen molar-refractivity contribution in [1.82, 2.24) is 0 Å². The molecule has 0 aliphatic rings. The average Bonchev–Trinajstić information content (AvgIpc) is 2.47. The third kappa shape index (κ3) is 4.17. The molecule has 0 amide bonds. The zero-order valence-electron chi connectivity index (χ0n) is 10.8. The third-order valence-electron chi connectivity index (χ3n) is 2.62. The van der Waals surface area contributed by atoms with E-state index < -0.39 is 17.5 Å². The van der Waals surface area contributed by atoms with Gasteiger partial charge in [-0.15, -0.1) is 11.6 Å². The molecule has 2 aromatic rings. The van der Waals surface area contributed by atoms with Gasteiger partial charge in [0.05, 0.1) is 11.4 Å². The lowest BCUT2D eigenvalue weighted by molar-refractivity contribution is 0.297. The van der Waals surface area contributed by atoms with Crippen LogP contribution in [0.4, 0.5) is 13.2 Å². The van der Waals surface area contributed by atoms with Crippen LogP contribution in [0.3, 0.4) is 0 Å². The number of halogens is 4. The van der Waals surface area contributed by atoms with Gasteiger partial charge < -0.3 is 4.74 Å². The van der Waals surface area contributed by atoms with E-state index in [1.165, 1.54) is 18.2 Å². The average molecular weight is 311 g/mol. The van der Waals surface area contributed by atoms with Crippen LogP contribution in [-0.2, 0) is 6.61 Å². The highest BCUT2D eigenvalue weighted by molar-refractivity contribution is 6.19. The molecule has 0 radical (unpaired) electrons. The van der Waals surface area contributed by atoms with Crippen molar-refractivity contribution >= 4 is 11.6 Å². The van der Waals surface area contributed by atoms with Gasteiger partial charge in [0.15, 0.2) is 0 Å². The van der Waals surface area contributed by atoms with E-state index in [1.807, 2.05) is 0 Å². The van der Waals surface area contributed by atoms with E-state index in [0.29, 0.717) is 5.56 Å². The van der Waals surface area contributed by atoms with Crippen molar-refractivity contribution in [2.45, 2.75) is 6.61 Å². The number of hydrogen-bond acceptors (Lipinski definition) is 1. The first-order valence-electron chi connectivity index (χ1n) is 6.01. The molecule has 2 rings (SSSR count). The molecule has 0 heterocycles. The molecule has 0 saturated carbocycles. The van der Waals surface area contributed by atoms with Gasteiger partial charge in [0.2, 0.25) is 0 Å². The van der Waals surface area contributed by atoms with Crippen LogP contribution in [0.5, 0.6) is 5.75 Å². The Morgan fingerprint density at radius 3 is 2.48 bits per heavy atom. The summed E-state index contributed by atoms with van der Waals surface area (Å²) in [6.45, 7) is -0.190. The second kappa shape index (κ2) is 7.05. The molecule has 1 nitrogen and oxygen atoms in total. The first-order valence-corrected chi connectivity index (χ1v) is 6.54. The van der Waals surface area contributed by atoms with E-state index in [4.69, 9.17) is 16.3 Å². The molecule has 5 heteroatoms. The Morgan fingerprint density at radius 2 is 1.71 bits per heavy atom. The summed E-state index contributed by atoms with van der Waals surface area (Å²) in [5.74, 6) is 3.99. The standard InChI is InChI=1S/C16H10ClF3O/c17-7-1-2-11-8-14(19)4-6-16(11)21-10-12-9-13(18)3-5-15(12)20/h3-6,8-9H,7,10H2. The quantitative estimate of drug-likeness (QED) is 0.607. The van der Waals surface area contributed by atoms with Crippen LogP contribution >= 0.6 is 11.6 Å². The number of benzene rings is 2. The summed E-state index contributed by atoms with van der Waals surface area (Å²) in [4.78, 5) is 0. The Morgan fingerprint density at radius 1 is 1.00 bits per heavy atom. The first kappa shape index (κ1) is 15.3. The maximum atomic E-state index is 13.5. The second-order valence-electron chi connectivity index (χ2n) is 4.10. The van der Waals surface area contributed by atoms with Crippen molar-refractivity contribution in [1.29, 1.82) is 0 Å². The van der Waals surface area contributed by atoms with E-state index in [9.17, 15) is 13.2 Å². The Kier molecular flexibility index (Phi) is 5.13. The highest BCUT2D eigenvalue weighted by Gasteiger charge is 2.08. The lowest BCUT2D eigenvalue weighted by Gasteiger charge is -2.09. The molecule has 0 atom stereocenters. The van der Waals surface area contributed by atoms with Crippen molar-refractivity contribution in [2.24, 2.45) is 0 Å². The van der Waals surface area contributed by atoms with Gasteiger partial charge in [0.25, 0.3) is 0 Å². The van der Waals surface area contributed by atoms with E-state index in [1.54, 1.807) is 0 Å².